The van der Waals surface area contributed by atoms with Crippen molar-refractivity contribution in [3.05, 3.63) is 72.6 Å². The number of likely N-dealkylation sites (tertiary alicyclic amines) is 2. The van der Waals surface area contributed by atoms with Crippen LogP contribution in [0, 0.1) is 5.92 Å². The Morgan fingerprint density at radius 2 is 1.26 bits per heavy atom. The van der Waals surface area contributed by atoms with E-state index in [2.05, 4.69) is 42.8 Å². The summed E-state index contributed by atoms with van der Waals surface area (Å²) in [6.45, 7) is 8.40. The molecule has 2 aromatic heterocycles. The number of imidazole rings is 2. The number of nitrogens with zero attached hydrogens (tertiary/aromatic N) is 5. The minimum absolute atomic E-state index is 0.108. The van der Waals surface area contributed by atoms with Crippen LogP contribution in [0.4, 0.5) is 14.4 Å². The normalized spacial score (nSPS) is 17.6. The lowest BCUT2D eigenvalue weighted by molar-refractivity contribution is -0.135. The first-order valence-electron chi connectivity index (χ1n) is 18.0. The Balaban J connectivity index is 1.11. The zero-order valence-corrected chi connectivity index (χ0v) is 30.6. The molecule has 0 aliphatic carbocycles. The number of ether oxygens (including phenoxy) is 1. The number of hydrogen-bond acceptors (Lipinski definition) is 7. The second-order valence-corrected chi connectivity index (χ2v) is 14.1. The SMILES string of the molecule is COC(=O)NC(C(=O)N1CCCC1c1ncc(-c2ccc(-c3ccc(-c4cnc(C5CCCN5C(=O)N(NC(=O)O)C(C)C)[nH]4)cc3)cc2)[nH]1)C(C)C. The van der Waals surface area contributed by atoms with Gasteiger partial charge in [-0.15, -0.1) is 0 Å². The van der Waals surface area contributed by atoms with Gasteiger partial charge in [0.25, 0.3) is 0 Å². The number of aromatic amines is 2. The highest BCUT2D eigenvalue weighted by molar-refractivity contribution is 5.86. The molecule has 2 saturated heterocycles. The molecule has 2 fully saturated rings. The fourth-order valence-electron chi connectivity index (χ4n) is 7.10. The van der Waals surface area contributed by atoms with Gasteiger partial charge in [0, 0.05) is 19.1 Å². The molecule has 280 valence electrons. The summed E-state index contributed by atoms with van der Waals surface area (Å²) in [4.78, 5) is 69.5. The van der Waals surface area contributed by atoms with Gasteiger partial charge < -0.3 is 34.9 Å². The molecule has 0 saturated carbocycles. The predicted molar refractivity (Wildman–Crippen MR) is 197 cm³/mol. The van der Waals surface area contributed by atoms with E-state index >= 15 is 0 Å². The number of nitrogens with one attached hydrogen (secondary N) is 4. The standard InChI is InChI=1S/C38H47N9O6/c1-22(2)32(43-37(51)53-5)35(48)45-18-6-8-30(45)33-39-20-28(41-33)26-14-10-24(11-15-26)25-12-16-27(17-13-25)29-21-40-34(42-29)31-9-7-19-46(31)38(52)47(23(3)4)44-36(49)50/h10-17,20-23,30-32,44H,6-9,18-19H2,1-5H3,(H,39,41)(H,40,42)(H,43,51)(H,49,50). The number of aromatic nitrogens is 4. The van der Waals surface area contributed by atoms with Gasteiger partial charge in [-0.3, -0.25) is 4.79 Å². The average molecular weight is 726 g/mol. The van der Waals surface area contributed by atoms with E-state index in [4.69, 9.17) is 4.74 Å². The number of hydrazine groups is 1. The molecule has 6 rings (SSSR count). The lowest BCUT2D eigenvalue weighted by atomic mass is 10.0. The lowest BCUT2D eigenvalue weighted by Crippen LogP contribution is -2.54. The minimum atomic E-state index is -1.29. The fraction of sp³-hybridized carbons (Fsp3) is 0.421. The lowest BCUT2D eigenvalue weighted by Gasteiger charge is -2.32. The predicted octanol–water partition coefficient (Wildman–Crippen LogP) is 6.33. The van der Waals surface area contributed by atoms with Crippen LogP contribution in [0.15, 0.2) is 60.9 Å². The van der Waals surface area contributed by atoms with Gasteiger partial charge in [0.05, 0.1) is 43.0 Å². The first kappa shape index (κ1) is 36.9. The molecule has 0 radical (unpaired) electrons. The summed E-state index contributed by atoms with van der Waals surface area (Å²) in [7, 11) is 1.28. The molecule has 5 N–H and O–H groups in total. The number of carbonyl (C=O) groups excluding carboxylic acids is 3. The number of H-pyrrole nitrogens is 2. The molecule has 0 bridgehead atoms. The summed E-state index contributed by atoms with van der Waals surface area (Å²) in [5.41, 5.74) is 7.88. The molecular formula is C38H47N9O6. The zero-order valence-electron chi connectivity index (χ0n) is 30.6. The van der Waals surface area contributed by atoms with E-state index in [9.17, 15) is 24.3 Å². The molecular weight excluding hydrogens is 678 g/mol. The summed E-state index contributed by atoms with van der Waals surface area (Å²) in [5, 5.41) is 13.0. The molecule has 5 amide bonds. The molecule has 4 aromatic rings. The van der Waals surface area contributed by atoms with Crippen molar-refractivity contribution in [2.45, 2.75) is 77.5 Å². The quantitative estimate of drug-likeness (QED) is 0.124. The van der Waals surface area contributed by atoms with Gasteiger partial charge in [-0.25, -0.2) is 34.8 Å². The van der Waals surface area contributed by atoms with Gasteiger partial charge in [0.1, 0.15) is 17.7 Å². The Labute approximate surface area is 308 Å². The first-order chi connectivity index (χ1) is 25.4. The number of rotatable bonds is 9. The van der Waals surface area contributed by atoms with Crippen molar-refractivity contribution in [3.8, 4) is 33.6 Å². The zero-order chi connectivity index (χ0) is 37.8. The number of alkyl carbamates (subject to hydrolysis) is 1. The minimum Gasteiger partial charge on any atom is -0.464 e. The Morgan fingerprint density at radius 3 is 1.72 bits per heavy atom. The van der Waals surface area contributed by atoms with E-state index < -0.39 is 24.3 Å². The number of hydrogen-bond donors (Lipinski definition) is 5. The maximum absolute atomic E-state index is 13.5. The van der Waals surface area contributed by atoms with Crippen molar-refractivity contribution in [1.82, 2.24) is 45.5 Å². The van der Waals surface area contributed by atoms with E-state index in [0.717, 1.165) is 64.3 Å². The molecule has 3 atom stereocenters. The molecule has 0 spiro atoms. The van der Waals surface area contributed by atoms with Crippen molar-refractivity contribution in [2.24, 2.45) is 5.92 Å². The summed E-state index contributed by atoms with van der Waals surface area (Å²) in [6.07, 6.45) is 4.77. The highest BCUT2D eigenvalue weighted by Crippen LogP contribution is 2.35. The summed E-state index contributed by atoms with van der Waals surface area (Å²) in [5.74, 6) is 1.12. The van der Waals surface area contributed by atoms with Crippen molar-refractivity contribution in [2.75, 3.05) is 20.2 Å². The maximum Gasteiger partial charge on any atom is 0.423 e. The largest absolute Gasteiger partial charge is 0.464 e. The van der Waals surface area contributed by atoms with Crippen molar-refractivity contribution >= 4 is 24.1 Å². The topological polar surface area (TPSA) is 189 Å². The number of carboxylic acid groups (broad SMARTS) is 1. The van der Waals surface area contributed by atoms with Crippen LogP contribution in [0.1, 0.15) is 77.1 Å². The van der Waals surface area contributed by atoms with Crippen LogP contribution in [0.3, 0.4) is 0 Å². The highest BCUT2D eigenvalue weighted by Gasteiger charge is 2.38. The first-order valence-corrected chi connectivity index (χ1v) is 18.0. The second kappa shape index (κ2) is 15.8. The van der Waals surface area contributed by atoms with Crippen molar-refractivity contribution < 1.29 is 29.0 Å². The Morgan fingerprint density at radius 1 is 0.792 bits per heavy atom. The molecule has 2 aliphatic rings. The third-order valence-electron chi connectivity index (χ3n) is 9.91. The van der Waals surface area contributed by atoms with E-state index in [1.807, 2.05) is 50.2 Å². The van der Waals surface area contributed by atoms with Gasteiger partial charge in [0.2, 0.25) is 5.91 Å². The molecule has 15 heteroatoms. The maximum atomic E-state index is 13.5. The molecule has 4 heterocycles. The average Bonchev–Trinajstić information content (AvgIpc) is 3.98. The smallest absolute Gasteiger partial charge is 0.423 e. The number of amides is 5. The second-order valence-electron chi connectivity index (χ2n) is 14.1. The van der Waals surface area contributed by atoms with E-state index in [0.29, 0.717) is 24.7 Å². The van der Waals surface area contributed by atoms with Crippen LogP contribution < -0.4 is 10.7 Å². The number of carbonyl (C=O) groups is 4. The van der Waals surface area contributed by atoms with Crippen LogP contribution in [0.2, 0.25) is 0 Å². The Hall–Kier alpha value is -5.86. The van der Waals surface area contributed by atoms with Crippen LogP contribution in [-0.2, 0) is 9.53 Å². The van der Waals surface area contributed by atoms with Gasteiger partial charge in [-0.2, -0.15) is 0 Å². The molecule has 2 aromatic carbocycles. The van der Waals surface area contributed by atoms with E-state index in [-0.39, 0.29) is 30.0 Å². The summed E-state index contributed by atoms with van der Waals surface area (Å²) < 4.78 is 4.74. The highest BCUT2D eigenvalue weighted by atomic mass is 16.5. The van der Waals surface area contributed by atoms with Crippen molar-refractivity contribution in [1.29, 1.82) is 0 Å². The monoisotopic (exact) mass is 725 g/mol. The van der Waals surface area contributed by atoms with Crippen LogP contribution >= 0.6 is 0 Å². The molecule has 3 unspecified atom stereocenters. The van der Waals surface area contributed by atoms with Crippen LogP contribution in [-0.4, -0.2) is 96.3 Å². The summed E-state index contributed by atoms with van der Waals surface area (Å²) in [6, 6.07) is 14.4. The van der Waals surface area contributed by atoms with Crippen LogP contribution in [0.5, 0.6) is 0 Å². The Bertz CT molecular complexity index is 1920. The molecule has 53 heavy (non-hydrogen) atoms. The van der Waals surface area contributed by atoms with Gasteiger partial charge in [0.15, 0.2) is 0 Å². The number of benzene rings is 2. The molecule has 15 nitrogen and oxygen atoms in total. The Kier molecular flexibility index (Phi) is 11.0. The van der Waals surface area contributed by atoms with Gasteiger partial charge in [-0.1, -0.05) is 62.4 Å². The van der Waals surface area contributed by atoms with Crippen LogP contribution in [0.25, 0.3) is 33.6 Å². The third-order valence-corrected chi connectivity index (χ3v) is 9.91. The third kappa shape index (κ3) is 7.98. The fourth-order valence-corrected chi connectivity index (χ4v) is 7.10. The molecule has 2 aliphatic heterocycles. The van der Waals surface area contributed by atoms with Crippen molar-refractivity contribution in [3.63, 3.8) is 0 Å². The number of methoxy groups -OCH3 is 1. The number of urea groups is 1. The van der Waals surface area contributed by atoms with E-state index in [1.165, 1.54) is 7.11 Å². The van der Waals surface area contributed by atoms with Gasteiger partial charge in [-0.05, 0) is 67.7 Å². The summed E-state index contributed by atoms with van der Waals surface area (Å²) >= 11 is 0. The van der Waals surface area contributed by atoms with Gasteiger partial charge >= 0.3 is 18.2 Å². The van der Waals surface area contributed by atoms with E-state index in [1.54, 1.807) is 36.0 Å².